The van der Waals surface area contributed by atoms with Crippen molar-refractivity contribution < 1.29 is 27.9 Å². The Kier molecular flexibility index (Phi) is 11.5. The van der Waals surface area contributed by atoms with Crippen molar-refractivity contribution in [2.24, 2.45) is 5.11 Å². The largest absolute Gasteiger partial charge is 0.530 e. The van der Waals surface area contributed by atoms with Gasteiger partial charge < -0.3 is 19.4 Å². The lowest BCUT2D eigenvalue weighted by Crippen LogP contribution is -2.57. The van der Waals surface area contributed by atoms with E-state index in [-0.39, 0.29) is 17.4 Å². The van der Waals surface area contributed by atoms with Crippen LogP contribution in [0.3, 0.4) is 0 Å². The Bertz CT molecular complexity index is 1610. The molecule has 2 heterocycles. The van der Waals surface area contributed by atoms with Gasteiger partial charge in [-0.05, 0) is 75.1 Å². The molecule has 1 aliphatic rings. The molecule has 268 valence electrons. The first-order valence-electron chi connectivity index (χ1n) is 16.5. The molecule has 0 spiro atoms. The molecule has 3 amide bonds. The minimum atomic E-state index is -2.36. The molecule has 3 atom stereocenters. The Morgan fingerprint density at radius 2 is 1.73 bits per heavy atom. The van der Waals surface area contributed by atoms with E-state index < -0.39 is 55.4 Å². The van der Waals surface area contributed by atoms with Crippen LogP contribution in [0, 0.1) is 5.82 Å². The van der Waals surface area contributed by atoms with Crippen LogP contribution in [0.1, 0.15) is 86.1 Å². The minimum absolute atomic E-state index is 0.115. The average molecular weight is 698 g/mol. The number of hydrogen-bond donors (Lipinski definition) is 1. The second-order valence-corrected chi connectivity index (χ2v) is 20.7. The minimum Gasteiger partial charge on any atom is -0.530 e. The fourth-order valence-corrected chi connectivity index (χ4v) is 6.03. The summed E-state index contributed by atoms with van der Waals surface area (Å²) < 4.78 is 26.0. The number of carbonyl (C=O) groups excluding carboxylic acids is 3. The molecule has 2 aromatic rings. The lowest BCUT2D eigenvalue weighted by molar-refractivity contribution is -0.130. The summed E-state index contributed by atoms with van der Waals surface area (Å²) in [6.45, 7) is 23.1. The third-order valence-electron chi connectivity index (χ3n) is 9.18. The molecule has 0 radical (unpaired) electrons. The Labute approximate surface area is 290 Å². The smallest absolute Gasteiger partial charge is 0.410 e. The Morgan fingerprint density at radius 1 is 1.14 bits per heavy atom. The molecule has 0 fully saturated rings. The van der Waals surface area contributed by atoms with E-state index in [0.29, 0.717) is 23.7 Å². The molecule has 49 heavy (non-hydrogen) atoms. The highest BCUT2D eigenvalue weighted by atomic mass is 28.4. The zero-order valence-electron chi connectivity index (χ0n) is 31.1. The number of pyridine rings is 1. The quantitative estimate of drug-likeness (QED) is 0.120. The molecule has 1 aliphatic heterocycles. The number of halogens is 1. The Morgan fingerprint density at radius 3 is 2.27 bits per heavy atom. The van der Waals surface area contributed by atoms with Crippen molar-refractivity contribution in [3.05, 3.63) is 63.4 Å². The van der Waals surface area contributed by atoms with Gasteiger partial charge in [0.2, 0.25) is 17.7 Å². The number of amides is 3. The number of hydrogen-bond acceptors (Lipinski definition) is 7. The summed E-state index contributed by atoms with van der Waals surface area (Å²) >= 11 is 0. The lowest BCUT2D eigenvalue weighted by atomic mass is 9.91. The highest BCUT2D eigenvalue weighted by Crippen LogP contribution is 2.44. The first-order chi connectivity index (χ1) is 22.4. The highest BCUT2D eigenvalue weighted by Gasteiger charge is 2.45. The Balaban J connectivity index is 2.08. The third kappa shape index (κ3) is 9.30. The topological polar surface area (TPSA) is 150 Å². The van der Waals surface area contributed by atoms with Crippen LogP contribution < -0.4 is 14.6 Å². The van der Waals surface area contributed by atoms with Gasteiger partial charge >= 0.3 is 6.09 Å². The molecule has 3 rings (SSSR count). The maximum Gasteiger partial charge on any atom is 0.410 e. The summed E-state index contributed by atoms with van der Waals surface area (Å²) in [5, 5.41) is 6.38. The fourth-order valence-electron chi connectivity index (χ4n) is 5.06. The number of fused-ring (bicyclic) bond motifs is 1. The summed E-state index contributed by atoms with van der Waals surface area (Å²) in [5.74, 6) is -0.997. The number of azide groups is 1. The Hall–Kier alpha value is -4.16. The number of anilines is 1. The van der Waals surface area contributed by atoms with E-state index in [9.17, 15) is 24.3 Å². The van der Waals surface area contributed by atoms with Gasteiger partial charge in [0.25, 0.3) is 8.32 Å². The predicted octanol–water partition coefficient (Wildman–Crippen LogP) is 7.26. The second kappa shape index (κ2) is 14.4. The summed E-state index contributed by atoms with van der Waals surface area (Å²) in [4.78, 5) is 51.3. The summed E-state index contributed by atoms with van der Waals surface area (Å²) in [5.41, 5.74) is 10.6. The number of benzene rings is 1. The molecule has 1 aromatic carbocycles. The molecule has 0 aliphatic carbocycles. The highest BCUT2D eigenvalue weighted by molar-refractivity contribution is 6.74. The van der Waals surface area contributed by atoms with Gasteiger partial charge in [-0.25, -0.2) is 14.2 Å². The van der Waals surface area contributed by atoms with Crippen LogP contribution in [0.15, 0.2) is 35.4 Å². The van der Waals surface area contributed by atoms with Crippen molar-refractivity contribution in [1.82, 2.24) is 15.2 Å². The molecule has 14 heteroatoms. The first-order valence-corrected chi connectivity index (χ1v) is 19.4. The monoisotopic (exact) mass is 697 g/mol. The second-order valence-electron chi connectivity index (χ2n) is 16.0. The van der Waals surface area contributed by atoms with Crippen LogP contribution in [-0.4, -0.2) is 73.4 Å². The van der Waals surface area contributed by atoms with E-state index in [4.69, 9.17) is 14.1 Å². The standard InChI is InChI=1S/C35H52FN7O5Si/c1-21(40-41-37)27(38-29(44)22(2)42(11)32(46)47-33(3,4)5)31(45)43-20-35(9,10)28-26(43)19-24(18-23-14-16-25(36)17-15-23)30(39-28)48-49(12,13)34(6,7)8/h14-17,19,21-22,27H,18,20H2,1-13H3,(H,38,44)/t21-,22-,27-/m0/s1. The van der Waals surface area contributed by atoms with Crippen molar-refractivity contribution in [3.63, 3.8) is 0 Å². The number of nitrogens with one attached hydrogen (secondary N) is 1. The van der Waals surface area contributed by atoms with Gasteiger partial charge in [0.1, 0.15) is 23.5 Å². The number of likely N-dealkylation sites (N-methyl/N-ethyl adjacent to an activating group) is 1. The zero-order valence-corrected chi connectivity index (χ0v) is 32.1. The molecule has 0 bridgehead atoms. The van der Waals surface area contributed by atoms with Crippen molar-refractivity contribution in [3.8, 4) is 5.88 Å². The van der Waals surface area contributed by atoms with E-state index in [2.05, 4.69) is 49.2 Å². The van der Waals surface area contributed by atoms with Gasteiger partial charge in [-0.15, -0.1) is 0 Å². The van der Waals surface area contributed by atoms with E-state index in [0.717, 1.165) is 16.0 Å². The van der Waals surface area contributed by atoms with Crippen molar-refractivity contribution >= 4 is 31.9 Å². The SMILES string of the molecule is C[C@H](N=[N+]=[N-])[C@H](NC(=O)[C@H](C)N(C)C(=O)OC(C)(C)C)C(=O)N1CC(C)(C)c2nc(O[Si](C)(C)C(C)(C)C)c(Cc3ccc(F)cc3)cc21. The van der Waals surface area contributed by atoms with Crippen LogP contribution in [0.25, 0.3) is 10.4 Å². The third-order valence-corrected chi connectivity index (χ3v) is 13.5. The van der Waals surface area contributed by atoms with Gasteiger partial charge in [-0.3, -0.25) is 14.5 Å². The van der Waals surface area contributed by atoms with Gasteiger partial charge in [-0.1, -0.05) is 58.8 Å². The van der Waals surface area contributed by atoms with E-state index in [1.807, 2.05) is 19.9 Å². The van der Waals surface area contributed by atoms with Crippen LogP contribution in [0.2, 0.25) is 18.1 Å². The molecule has 0 unspecified atom stereocenters. The number of ether oxygens (including phenoxy) is 1. The molecule has 0 saturated carbocycles. The molecular formula is C35H52FN7O5Si. The lowest BCUT2D eigenvalue weighted by Gasteiger charge is -2.36. The number of aromatic nitrogens is 1. The number of carbonyl (C=O) groups is 3. The maximum atomic E-state index is 14.4. The molecule has 0 saturated heterocycles. The van der Waals surface area contributed by atoms with Crippen LogP contribution in [-0.2, 0) is 26.2 Å². The zero-order chi connectivity index (χ0) is 37.3. The van der Waals surface area contributed by atoms with Crippen molar-refractivity contribution in [2.75, 3.05) is 18.5 Å². The van der Waals surface area contributed by atoms with Crippen LogP contribution in [0.5, 0.6) is 5.88 Å². The summed E-state index contributed by atoms with van der Waals surface area (Å²) in [7, 11) is -0.924. The van der Waals surface area contributed by atoms with Gasteiger partial charge in [0, 0.05) is 35.9 Å². The fraction of sp³-hybridized carbons (Fsp3) is 0.600. The van der Waals surface area contributed by atoms with E-state index >= 15 is 0 Å². The van der Waals surface area contributed by atoms with Gasteiger partial charge in [-0.2, -0.15) is 0 Å². The molecule has 1 N–H and O–H groups in total. The molecular weight excluding hydrogens is 646 g/mol. The van der Waals surface area contributed by atoms with Crippen molar-refractivity contribution in [1.29, 1.82) is 0 Å². The average Bonchev–Trinajstić information content (AvgIpc) is 3.23. The van der Waals surface area contributed by atoms with Crippen LogP contribution >= 0.6 is 0 Å². The molecule has 1 aromatic heterocycles. The van der Waals surface area contributed by atoms with Crippen molar-refractivity contribution in [2.45, 2.75) is 123 Å². The summed E-state index contributed by atoms with van der Waals surface area (Å²) in [6.07, 6.45) is -0.330. The predicted molar refractivity (Wildman–Crippen MR) is 191 cm³/mol. The number of rotatable bonds is 10. The van der Waals surface area contributed by atoms with E-state index in [1.54, 1.807) is 44.7 Å². The molecule has 12 nitrogen and oxygen atoms in total. The van der Waals surface area contributed by atoms with Crippen LogP contribution in [0.4, 0.5) is 14.9 Å². The van der Waals surface area contributed by atoms with E-state index in [1.165, 1.54) is 26.1 Å². The number of nitrogens with zero attached hydrogens (tertiary/aromatic N) is 6. The normalized spacial score (nSPS) is 16.1. The maximum absolute atomic E-state index is 14.4. The summed E-state index contributed by atoms with van der Waals surface area (Å²) in [6, 6.07) is 4.84. The van der Waals surface area contributed by atoms with Gasteiger partial charge in [0.05, 0.1) is 17.4 Å². The first kappa shape index (κ1) is 39.3. The van der Waals surface area contributed by atoms with Gasteiger partial charge in [0.15, 0.2) is 0 Å².